The summed E-state index contributed by atoms with van der Waals surface area (Å²) >= 11 is 0. The quantitative estimate of drug-likeness (QED) is 0.711. The number of nitrogens with one attached hydrogen (secondary N) is 2. The SMILES string of the molecule is COC(=O)CNC(=O)Nc1ccc(C(C)(C)C(=O)O)cc1. The fraction of sp³-hybridized carbons (Fsp3) is 0.357. The van der Waals surface area contributed by atoms with Gasteiger partial charge in [0.2, 0.25) is 0 Å². The Morgan fingerprint density at radius 3 is 2.24 bits per heavy atom. The molecule has 0 radical (unpaired) electrons. The van der Waals surface area contributed by atoms with E-state index < -0.39 is 23.4 Å². The molecule has 0 heterocycles. The molecule has 114 valence electrons. The van der Waals surface area contributed by atoms with E-state index in [-0.39, 0.29) is 6.54 Å². The van der Waals surface area contributed by atoms with Crippen LogP contribution in [0.2, 0.25) is 0 Å². The van der Waals surface area contributed by atoms with E-state index in [1.54, 1.807) is 38.1 Å². The van der Waals surface area contributed by atoms with Gasteiger partial charge in [0, 0.05) is 5.69 Å². The van der Waals surface area contributed by atoms with E-state index in [9.17, 15) is 14.4 Å². The maximum absolute atomic E-state index is 11.5. The average Bonchev–Trinajstić information content (AvgIpc) is 2.45. The monoisotopic (exact) mass is 294 g/mol. The highest BCUT2D eigenvalue weighted by molar-refractivity contribution is 5.91. The maximum atomic E-state index is 11.5. The van der Waals surface area contributed by atoms with E-state index in [4.69, 9.17) is 5.11 Å². The second-order valence-electron chi connectivity index (χ2n) is 4.89. The highest BCUT2D eigenvalue weighted by Crippen LogP contribution is 2.24. The van der Waals surface area contributed by atoms with E-state index in [0.717, 1.165) is 0 Å². The van der Waals surface area contributed by atoms with E-state index in [2.05, 4.69) is 15.4 Å². The third-order valence-corrected chi connectivity index (χ3v) is 3.02. The van der Waals surface area contributed by atoms with Crippen LogP contribution in [-0.4, -0.2) is 36.7 Å². The van der Waals surface area contributed by atoms with Crippen molar-refractivity contribution in [3.8, 4) is 0 Å². The van der Waals surface area contributed by atoms with E-state index >= 15 is 0 Å². The topological polar surface area (TPSA) is 105 Å². The Labute approximate surface area is 122 Å². The minimum Gasteiger partial charge on any atom is -0.481 e. The summed E-state index contributed by atoms with van der Waals surface area (Å²) in [5.41, 5.74) is 0.101. The number of hydrogen-bond donors (Lipinski definition) is 3. The summed E-state index contributed by atoms with van der Waals surface area (Å²) in [4.78, 5) is 33.5. The van der Waals surface area contributed by atoms with Crippen molar-refractivity contribution in [2.45, 2.75) is 19.3 Å². The zero-order valence-electron chi connectivity index (χ0n) is 12.1. The summed E-state index contributed by atoms with van der Waals surface area (Å²) in [6.45, 7) is 2.97. The van der Waals surface area contributed by atoms with Crippen LogP contribution < -0.4 is 10.6 Å². The molecule has 0 fully saturated rings. The van der Waals surface area contributed by atoms with Crippen LogP contribution in [0.4, 0.5) is 10.5 Å². The first-order valence-corrected chi connectivity index (χ1v) is 6.23. The van der Waals surface area contributed by atoms with Gasteiger partial charge in [-0.25, -0.2) is 4.79 Å². The predicted octanol–water partition coefficient (Wildman–Crippen LogP) is 1.34. The number of rotatable bonds is 5. The van der Waals surface area contributed by atoms with Gasteiger partial charge in [0.1, 0.15) is 6.54 Å². The van der Waals surface area contributed by atoms with E-state index in [1.165, 1.54) is 7.11 Å². The van der Waals surface area contributed by atoms with Crippen LogP contribution in [0.25, 0.3) is 0 Å². The first kappa shape index (κ1) is 16.5. The lowest BCUT2D eigenvalue weighted by Crippen LogP contribution is -2.33. The number of aliphatic carboxylic acids is 1. The molecule has 0 saturated carbocycles. The summed E-state index contributed by atoms with van der Waals surface area (Å²) in [5, 5.41) is 14.0. The molecule has 21 heavy (non-hydrogen) atoms. The van der Waals surface area contributed by atoms with Crippen molar-refractivity contribution in [1.82, 2.24) is 5.32 Å². The van der Waals surface area contributed by atoms with Crippen molar-refractivity contribution in [2.24, 2.45) is 0 Å². The first-order valence-electron chi connectivity index (χ1n) is 6.23. The van der Waals surface area contributed by atoms with Crippen LogP contribution in [0.1, 0.15) is 19.4 Å². The molecule has 0 aliphatic carbocycles. The molecule has 0 bridgehead atoms. The lowest BCUT2D eigenvalue weighted by molar-refractivity contribution is -0.142. The number of carbonyl (C=O) groups is 3. The number of methoxy groups -OCH3 is 1. The van der Waals surface area contributed by atoms with Gasteiger partial charge in [0.25, 0.3) is 0 Å². The number of ether oxygens (including phenoxy) is 1. The molecular formula is C14H18N2O5. The molecule has 1 aromatic rings. The summed E-state index contributed by atoms with van der Waals surface area (Å²) in [5.74, 6) is -1.48. The minimum absolute atomic E-state index is 0.230. The highest BCUT2D eigenvalue weighted by Gasteiger charge is 2.29. The molecular weight excluding hydrogens is 276 g/mol. The maximum Gasteiger partial charge on any atom is 0.325 e. The van der Waals surface area contributed by atoms with Gasteiger partial charge in [-0.05, 0) is 31.5 Å². The molecule has 0 saturated heterocycles. The van der Waals surface area contributed by atoms with Gasteiger partial charge in [-0.1, -0.05) is 12.1 Å². The molecule has 0 aromatic heterocycles. The van der Waals surface area contributed by atoms with Crippen LogP contribution in [-0.2, 0) is 19.7 Å². The number of anilines is 1. The molecule has 0 unspecified atom stereocenters. The normalized spacial score (nSPS) is 10.6. The largest absolute Gasteiger partial charge is 0.481 e. The van der Waals surface area contributed by atoms with Gasteiger partial charge in [-0.2, -0.15) is 0 Å². The molecule has 1 rings (SSSR count). The number of carbonyl (C=O) groups excluding carboxylic acids is 2. The highest BCUT2D eigenvalue weighted by atomic mass is 16.5. The molecule has 0 aliphatic rings. The van der Waals surface area contributed by atoms with Crippen LogP contribution in [0.5, 0.6) is 0 Å². The zero-order chi connectivity index (χ0) is 16.0. The molecule has 2 amide bonds. The van der Waals surface area contributed by atoms with E-state index in [0.29, 0.717) is 11.3 Å². The first-order chi connectivity index (χ1) is 9.77. The number of urea groups is 1. The number of benzene rings is 1. The molecule has 1 aromatic carbocycles. The Morgan fingerprint density at radius 1 is 1.19 bits per heavy atom. The van der Waals surface area contributed by atoms with Crippen molar-refractivity contribution in [2.75, 3.05) is 19.0 Å². The zero-order valence-corrected chi connectivity index (χ0v) is 12.1. The number of carboxylic acid groups (broad SMARTS) is 1. The smallest absolute Gasteiger partial charge is 0.325 e. The molecule has 0 aliphatic heterocycles. The lowest BCUT2D eigenvalue weighted by Gasteiger charge is -2.19. The molecule has 3 N–H and O–H groups in total. The van der Waals surface area contributed by atoms with Crippen LogP contribution in [0, 0.1) is 0 Å². The van der Waals surface area contributed by atoms with Gasteiger partial charge in [-0.3, -0.25) is 9.59 Å². The van der Waals surface area contributed by atoms with Crippen molar-refractivity contribution < 1.29 is 24.2 Å². The van der Waals surface area contributed by atoms with Crippen molar-refractivity contribution in [3.05, 3.63) is 29.8 Å². The third kappa shape index (κ3) is 4.48. The Morgan fingerprint density at radius 2 is 1.76 bits per heavy atom. The molecule has 0 spiro atoms. The minimum atomic E-state index is -1.01. The fourth-order valence-corrected chi connectivity index (χ4v) is 1.49. The van der Waals surface area contributed by atoms with Gasteiger partial charge >= 0.3 is 18.0 Å². The fourth-order valence-electron chi connectivity index (χ4n) is 1.49. The summed E-state index contributed by atoms with van der Waals surface area (Å²) in [7, 11) is 1.23. The predicted molar refractivity (Wildman–Crippen MR) is 76.1 cm³/mol. The average molecular weight is 294 g/mol. The van der Waals surface area contributed by atoms with Crippen LogP contribution >= 0.6 is 0 Å². The lowest BCUT2D eigenvalue weighted by atomic mass is 9.85. The number of carboxylic acids is 1. The van der Waals surface area contributed by atoms with Gasteiger partial charge < -0.3 is 20.5 Å². The number of amides is 2. The summed E-state index contributed by atoms with van der Waals surface area (Å²) in [6.07, 6.45) is 0. The van der Waals surface area contributed by atoms with Crippen molar-refractivity contribution in [1.29, 1.82) is 0 Å². The summed E-state index contributed by atoms with van der Waals surface area (Å²) < 4.78 is 4.39. The molecule has 0 atom stereocenters. The number of hydrogen-bond acceptors (Lipinski definition) is 4. The Balaban J connectivity index is 2.65. The van der Waals surface area contributed by atoms with Gasteiger partial charge in [0.05, 0.1) is 12.5 Å². The second kappa shape index (κ2) is 6.74. The van der Waals surface area contributed by atoms with Crippen LogP contribution in [0.3, 0.4) is 0 Å². The third-order valence-electron chi connectivity index (χ3n) is 3.02. The Kier molecular flexibility index (Phi) is 5.29. The number of esters is 1. The van der Waals surface area contributed by atoms with Crippen molar-refractivity contribution in [3.63, 3.8) is 0 Å². The van der Waals surface area contributed by atoms with Crippen molar-refractivity contribution >= 4 is 23.7 Å². The van der Waals surface area contributed by atoms with E-state index in [1.807, 2.05) is 0 Å². The van der Waals surface area contributed by atoms with Crippen LogP contribution in [0.15, 0.2) is 24.3 Å². The molecule has 7 nitrogen and oxygen atoms in total. The van der Waals surface area contributed by atoms with Gasteiger partial charge in [0.15, 0.2) is 0 Å². The Hall–Kier alpha value is -2.57. The summed E-state index contributed by atoms with van der Waals surface area (Å²) in [6, 6.07) is 5.90. The second-order valence-corrected chi connectivity index (χ2v) is 4.89. The standard InChI is InChI=1S/C14H18N2O5/c1-14(2,12(18)19)9-4-6-10(7-5-9)16-13(20)15-8-11(17)21-3/h4-7H,8H2,1-3H3,(H,18,19)(H2,15,16,20). The van der Waals surface area contributed by atoms with Gasteiger partial charge in [-0.15, -0.1) is 0 Å². The molecule has 7 heteroatoms. The Bertz CT molecular complexity index is 537.